The minimum Gasteiger partial charge on any atom is -0.352 e. The van der Waals surface area contributed by atoms with Crippen LogP contribution in [0.1, 0.15) is 11.8 Å². The SMILES string of the molecule is O=C(Nc1ccccc1)[C@@H]1O[C@@H]1c1ccccn1. The van der Waals surface area contributed by atoms with Crippen LogP contribution in [0.5, 0.6) is 0 Å². The number of para-hydroxylation sites is 1. The van der Waals surface area contributed by atoms with Gasteiger partial charge in [-0.25, -0.2) is 0 Å². The molecular weight excluding hydrogens is 228 g/mol. The number of carbonyl (C=O) groups is 1. The molecule has 0 saturated carbocycles. The van der Waals surface area contributed by atoms with Crippen molar-refractivity contribution < 1.29 is 9.53 Å². The maximum absolute atomic E-state index is 11.9. The lowest BCUT2D eigenvalue weighted by atomic mass is 10.2. The van der Waals surface area contributed by atoms with Crippen LogP contribution >= 0.6 is 0 Å². The number of amides is 1. The highest BCUT2D eigenvalue weighted by Crippen LogP contribution is 2.38. The second-order valence-corrected chi connectivity index (χ2v) is 4.09. The molecule has 1 aliphatic rings. The van der Waals surface area contributed by atoms with Gasteiger partial charge in [-0.1, -0.05) is 24.3 Å². The van der Waals surface area contributed by atoms with E-state index in [0.29, 0.717) is 0 Å². The summed E-state index contributed by atoms with van der Waals surface area (Å²) in [6.45, 7) is 0. The molecule has 90 valence electrons. The average Bonchev–Trinajstić information content (AvgIpc) is 3.21. The molecule has 1 fully saturated rings. The normalized spacial score (nSPS) is 21.3. The minimum atomic E-state index is -0.430. The van der Waals surface area contributed by atoms with Crippen molar-refractivity contribution >= 4 is 11.6 Å². The molecule has 1 aromatic heterocycles. The molecule has 0 spiro atoms. The van der Waals surface area contributed by atoms with E-state index in [9.17, 15) is 4.79 Å². The van der Waals surface area contributed by atoms with Gasteiger partial charge in [-0.15, -0.1) is 0 Å². The monoisotopic (exact) mass is 240 g/mol. The summed E-state index contributed by atoms with van der Waals surface area (Å²) in [5.74, 6) is -0.128. The van der Waals surface area contributed by atoms with Crippen molar-refractivity contribution in [2.24, 2.45) is 0 Å². The number of hydrogen-bond acceptors (Lipinski definition) is 3. The predicted molar refractivity (Wildman–Crippen MR) is 66.9 cm³/mol. The highest BCUT2D eigenvalue weighted by atomic mass is 16.6. The van der Waals surface area contributed by atoms with Crippen LogP contribution in [0.25, 0.3) is 0 Å². The van der Waals surface area contributed by atoms with E-state index < -0.39 is 6.10 Å². The summed E-state index contributed by atoms with van der Waals surface area (Å²) in [5, 5.41) is 2.81. The van der Waals surface area contributed by atoms with Crippen LogP contribution in [-0.2, 0) is 9.53 Å². The number of benzene rings is 1. The molecule has 1 saturated heterocycles. The zero-order valence-electron chi connectivity index (χ0n) is 9.61. The van der Waals surface area contributed by atoms with Gasteiger partial charge in [0, 0.05) is 11.9 Å². The highest BCUT2D eigenvalue weighted by Gasteiger charge is 2.47. The second kappa shape index (κ2) is 4.58. The first-order valence-electron chi connectivity index (χ1n) is 5.77. The lowest BCUT2D eigenvalue weighted by molar-refractivity contribution is -0.117. The van der Waals surface area contributed by atoms with E-state index in [4.69, 9.17) is 4.74 Å². The third-order valence-corrected chi connectivity index (χ3v) is 2.77. The smallest absolute Gasteiger partial charge is 0.256 e. The molecule has 2 heterocycles. The van der Waals surface area contributed by atoms with Crippen LogP contribution in [0.3, 0.4) is 0 Å². The number of epoxide rings is 1. The molecule has 1 aromatic carbocycles. The molecule has 0 aliphatic carbocycles. The molecule has 0 radical (unpaired) electrons. The summed E-state index contributed by atoms with van der Waals surface area (Å²) in [7, 11) is 0. The molecule has 4 nitrogen and oxygen atoms in total. The van der Waals surface area contributed by atoms with Gasteiger partial charge < -0.3 is 10.1 Å². The van der Waals surface area contributed by atoms with E-state index in [1.807, 2.05) is 48.5 Å². The first-order chi connectivity index (χ1) is 8.84. The molecule has 1 aliphatic heterocycles. The molecular formula is C14H12N2O2. The number of rotatable bonds is 3. The zero-order valence-corrected chi connectivity index (χ0v) is 9.61. The Bertz CT molecular complexity index is 542. The van der Waals surface area contributed by atoms with Gasteiger partial charge in [-0.2, -0.15) is 0 Å². The lowest BCUT2D eigenvalue weighted by Crippen LogP contribution is -2.18. The van der Waals surface area contributed by atoms with E-state index in [1.165, 1.54) is 0 Å². The Kier molecular flexibility index (Phi) is 2.78. The van der Waals surface area contributed by atoms with Crippen LogP contribution in [0, 0.1) is 0 Å². The largest absolute Gasteiger partial charge is 0.352 e. The van der Waals surface area contributed by atoms with Gasteiger partial charge in [-0.3, -0.25) is 9.78 Å². The number of aromatic nitrogens is 1. The molecule has 2 atom stereocenters. The quantitative estimate of drug-likeness (QED) is 0.836. The van der Waals surface area contributed by atoms with E-state index in [0.717, 1.165) is 11.4 Å². The third-order valence-electron chi connectivity index (χ3n) is 2.77. The Morgan fingerprint density at radius 2 is 1.89 bits per heavy atom. The Hall–Kier alpha value is -2.20. The fraction of sp³-hybridized carbons (Fsp3) is 0.143. The van der Waals surface area contributed by atoms with Crippen LogP contribution in [0.4, 0.5) is 5.69 Å². The van der Waals surface area contributed by atoms with Crippen LogP contribution < -0.4 is 5.32 Å². The van der Waals surface area contributed by atoms with Crippen molar-refractivity contribution in [2.75, 3.05) is 5.32 Å². The average molecular weight is 240 g/mol. The Labute approximate surface area is 105 Å². The van der Waals surface area contributed by atoms with E-state index in [2.05, 4.69) is 10.3 Å². The molecule has 0 bridgehead atoms. The van der Waals surface area contributed by atoms with Crippen molar-refractivity contribution in [1.82, 2.24) is 4.98 Å². The first-order valence-corrected chi connectivity index (χ1v) is 5.77. The fourth-order valence-corrected chi connectivity index (χ4v) is 1.82. The summed E-state index contributed by atoms with van der Waals surface area (Å²) in [4.78, 5) is 16.1. The van der Waals surface area contributed by atoms with Crippen LogP contribution in [-0.4, -0.2) is 17.0 Å². The molecule has 1 amide bonds. The standard InChI is InChI=1S/C14H12N2O2/c17-14(16-10-6-2-1-3-7-10)13-12(18-13)11-8-4-5-9-15-11/h1-9,12-13H,(H,16,17)/t12-,13-/m1/s1. The summed E-state index contributed by atoms with van der Waals surface area (Å²) >= 11 is 0. The summed E-state index contributed by atoms with van der Waals surface area (Å²) < 4.78 is 5.36. The maximum atomic E-state index is 11.9. The first kappa shape index (κ1) is 10.9. The molecule has 3 rings (SSSR count). The number of nitrogens with one attached hydrogen (secondary N) is 1. The van der Waals surface area contributed by atoms with Crippen molar-refractivity contribution in [3.63, 3.8) is 0 Å². The van der Waals surface area contributed by atoms with Crippen molar-refractivity contribution in [2.45, 2.75) is 12.2 Å². The number of pyridine rings is 1. The second-order valence-electron chi connectivity index (χ2n) is 4.09. The van der Waals surface area contributed by atoms with Gasteiger partial charge in [0.2, 0.25) is 0 Å². The minimum absolute atomic E-state index is 0.128. The number of anilines is 1. The van der Waals surface area contributed by atoms with Crippen molar-refractivity contribution in [1.29, 1.82) is 0 Å². The van der Waals surface area contributed by atoms with Crippen LogP contribution in [0.15, 0.2) is 54.7 Å². The van der Waals surface area contributed by atoms with Crippen LogP contribution in [0.2, 0.25) is 0 Å². The van der Waals surface area contributed by atoms with Gasteiger partial charge in [0.1, 0.15) is 6.10 Å². The summed E-state index contributed by atoms with van der Waals surface area (Å²) in [6.07, 6.45) is 1.05. The van der Waals surface area contributed by atoms with Crippen molar-refractivity contribution in [3.05, 3.63) is 60.4 Å². The predicted octanol–water partition coefficient (Wildman–Crippen LogP) is 2.16. The highest BCUT2D eigenvalue weighted by molar-refractivity contribution is 5.96. The van der Waals surface area contributed by atoms with E-state index in [1.54, 1.807) is 6.20 Å². The fourth-order valence-electron chi connectivity index (χ4n) is 1.82. The van der Waals surface area contributed by atoms with Gasteiger partial charge in [0.05, 0.1) is 5.69 Å². The van der Waals surface area contributed by atoms with Gasteiger partial charge in [0.15, 0.2) is 6.10 Å². The van der Waals surface area contributed by atoms with Gasteiger partial charge >= 0.3 is 0 Å². The molecule has 1 N–H and O–H groups in total. The van der Waals surface area contributed by atoms with E-state index >= 15 is 0 Å². The van der Waals surface area contributed by atoms with Gasteiger partial charge in [-0.05, 0) is 24.3 Å². The number of carbonyl (C=O) groups excluding carboxylic acids is 1. The van der Waals surface area contributed by atoms with Crippen molar-refractivity contribution in [3.8, 4) is 0 Å². The Morgan fingerprint density at radius 3 is 2.61 bits per heavy atom. The Balaban J connectivity index is 1.63. The molecule has 2 aromatic rings. The lowest BCUT2D eigenvalue weighted by Gasteiger charge is -2.01. The number of ether oxygens (including phenoxy) is 1. The molecule has 18 heavy (non-hydrogen) atoms. The van der Waals surface area contributed by atoms with E-state index in [-0.39, 0.29) is 12.0 Å². The Morgan fingerprint density at radius 1 is 1.11 bits per heavy atom. The zero-order chi connectivity index (χ0) is 12.4. The van der Waals surface area contributed by atoms with Gasteiger partial charge in [0.25, 0.3) is 5.91 Å². The number of hydrogen-bond donors (Lipinski definition) is 1. The third kappa shape index (κ3) is 2.24. The maximum Gasteiger partial charge on any atom is 0.256 e. The molecule has 0 unspecified atom stereocenters. The summed E-state index contributed by atoms with van der Waals surface area (Å²) in [6, 6.07) is 14.9. The summed E-state index contributed by atoms with van der Waals surface area (Å²) in [5.41, 5.74) is 1.57. The molecule has 4 heteroatoms. The topological polar surface area (TPSA) is 54.5 Å². The number of nitrogens with zero attached hydrogens (tertiary/aromatic N) is 1.